The second-order valence-corrected chi connectivity index (χ2v) is 8.25. The standard InChI is InChI=1S/C20H41N5O2.HI/c1-4-8-24-9-6-18(7-10-24)15-22-19(21-5-2)23-16-20(3,26)17-25-11-13-27-14-12-25;/h18,26H,4-17H2,1-3H3,(H2,21,22,23);1H. The Kier molecular flexibility index (Phi) is 12.9. The number of likely N-dealkylation sites (tertiary alicyclic amines) is 1. The molecule has 8 heteroatoms. The molecule has 28 heavy (non-hydrogen) atoms. The minimum Gasteiger partial charge on any atom is -0.387 e. The molecule has 1 unspecified atom stereocenters. The monoisotopic (exact) mass is 511 g/mol. The molecule has 0 saturated carbocycles. The zero-order valence-corrected chi connectivity index (χ0v) is 20.4. The molecule has 2 saturated heterocycles. The number of aliphatic imine (C=N–C) groups is 1. The fraction of sp³-hybridized carbons (Fsp3) is 0.950. The van der Waals surface area contributed by atoms with E-state index in [1.165, 1.54) is 38.9 Å². The van der Waals surface area contributed by atoms with Gasteiger partial charge in [-0.2, -0.15) is 0 Å². The maximum absolute atomic E-state index is 10.7. The molecule has 2 rings (SSSR count). The fourth-order valence-electron chi connectivity index (χ4n) is 3.85. The van der Waals surface area contributed by atoms with Gasteiger partial charge in [0.25, 0.3) is 0 Å². The summed E-state index contributed by atoms with van der Waals surface area (Å²) in [6, 6.07) is 0. The third-order valence-corrected chi connectivity index (χ3v) is 5.40. The first-order chi connectivity index (χ1) is 13.0. The molecule has 3 N–H and O–H groups in total. The second-order valence-electron chi connectivity index (χ2n) is 8.25. The van der Waals surface area contributed by atoms with Gasteiger partial charge in [0.1, 0.15) is 0 Å². The van der Waals surface area contributed by atoms with E-state index < -0.39 is 5.60 Å². The Balaban J connectivity index is 0.00000392. The third-order valence-electron chi connectivity index (χ3n) is 5.40. The first-order valence-corrected chi connectivity index (χ1v) is 10.8. The average Bonchev–Trinajstić information content (AvgIpc) is 2.66. The number of aliphatic hydroxyl groups is 1. The maximum Gasteiger partial charge on any atom is 0.191 e. The average molecular weight is 511 g/mol. The van der Waals surface area contributed by atoms with Gasteiger partial charge < -0.3 is 25.4 Å². The normalized spacial score (nSPS) is 22.4. The molecule has 1 atom stereocenters. The summed E-state index contributed by atoms with van der Waals surface area (Å²) >= 11 is 0. The van der Waals surface area contributed by atoms with Crippen LogP contribution in [0.25, 0.3) is 0 Å². The Morgan fingerprint density at radius 1 is 1.11 bits per heavy atom. The zero-order chi connectivity index (χ0) is 19.5. The fourth-order valence-corrected chi connectivity index (χ4v) is 3.85. The number of β-amino-alcohol motifs (C(OH)–C–C–N with tert-alkyl or cyclic N) is 1. The van der Waals surface area contributed by atoms with E-state index in [1.54, 1.807) is 0 Å². The molecule has 0 aromatic rings. The minimum atomic E-state index is -0.828. The van der Waals surface area contributed by atoms with E-state index in [0.717, 1.165) is 45.4 Å². The van der Waals surface area contributed by atoms with Gasteiger partial charge in [-0.15, -0.1) is 24.0 Å². The van der Waals surface area contributed by atoms with Crippen molar-refractivity contribution >= 4 is 29.9 Å². The maximum atomic E-state index is 10.7. The molecule has 166 valence electrons. The van der Waals surface area contributed by atoms with Crippen LogP contribution in [0.2, 0.25) is 0 Å². The number of piperidine rings is 1. The van der Waals surface area contributed by atoms with Gasteiger partial charge in [-0.1, -0.05) is 6.92 Å². The topological polar surface area (TPSA) is 72.4 Å². The number of hydrogen-bond acceptors (Lipinski definition) is 5. The lowest BCUT2D eigenvalue weighted by molar-refractivity contribution is -0.0180. The number of halogens is 1. The summed E-state index contributed by atoms with van der Waals surface area (Å²) < 4.78 is 5.38. The third kappa shape index (κ3) is 10.0. The molecule has 2 aliphatic heterocycles. The Labute approximate surface area is 188 Å². The van der Waals surface area contributed by atoms with Gasteiger partial charge in [0.2, 0.25) is 0 Å². The summed E-state index contributed by atoms with van der Waals surface area (Å²) in [5, 5.41) is 17.5. The Hall–Kier alpha value is -0.160. The van der Waals surface area contributed by atoms with E-state index in [9.17, 15) is 5.11 Å². The van der Waals surface area contributed by atoms with E-state index >= 15 is 0 Å². The zero-order valence-electron chi connectivity index (χ0n) is 18.1. The van der Waals surface area contributed by atoms with Gasteiger partial charge >= 0.3 is 0 Å². The molecule has 0 aromatic carbocycles. The van der Waals surface area contributed by atoms with E-state index in [-0.39, 0.29) is 24.0 Å². The van der Waals surface area contributed by atoms with E-state index in [2.05, 4.69) is 39.3 Å². The minimum absolute atomic E-state index is 0. The highest BCUT2D eigenvalue weighted by molar-refractivity contribution is 14.0. The van der Waals surface area contributed by atoms with Crippen LogP contribution in [-0.2, 0) is 4.74 Å². The van der Waals surface area contributed by atoms with Gasteiger partial charge in [0.05, 0.1) is 25.4 Å². The molecular weight excluding hydrogens is 469 g/mol. The summed E-state index contributed by atoms with van der Waals surface area (Å²) in [6.07, 6.45) is 3.74. The molecule has 2 heterocycles. The van der Waals surface area contributed by atoms with Crippen molar-refractivity contribution < 1.29 is 9.84 Å². The molecule has 0 aromatic heterocycles. The molecule has 2 fully saturated rings. The lowest BCUT2D eigenvalue weighted by Gasteiger charge is -2.33. The van der Waals surface area contributed by atoms with Crippen molar-refractivity contribution in [3.8, 4) is 0 Å². The summed E-state index contributed by atoms with van der Waals surface area (Å²) in [7, 11) is 0. The highest BCUT2D eigenvalue weighted by atomic mass is 127. The molecule has 0 bridgehead atoms. The van der Waals surface area contributed by atoms with Crippen LogP contribution in [0, 0.1) is 5.92 Å². The summed E-state index contributed by atoms with van der Waals surface area (Å²) in [5.41, 5.74) is -0.828. The number of nitrogens with zero attached hydrogens (tertiary/aromatic N) is 3. The van der Waals surface area contributed by atoms with Crippen LogP contribution in [0.3, 0.4) is 0 Å². The number of nitrogens with one attached hydrogen (secondary N) is 2. The van der Waals surface area contributed by atoms with Crippen LogP contribution in [0.4, 0.5) is 0 Å². The Morgan fingerprint density at radius 3 is 2.39 bits per heavy atom. The quantitative estimate of drug-likeness (QED) is 0.247. The first kappa shape index (κ1) is 25.9. The van der Waals surface area contributed by atoms with Crippen molar-refractivity contribution in [2.75, 3.05) is 72.1 Å². The van der Waals surface area contributed by atoms with E-state index in [4.69, 9.17) is 4.74 Å². The first-order valence-electron chi connectivity index (χ1n) is 10.8. The lowest BCUT2D eigenvalue weighted by Crippen LogP contribution is -2.48. The molecule has 0 radical (unpaired) electrons. The summed E-state index contributed by atoms with van der Waals surface area (Å²) in [6.45, 7) is 15.9. The number of hydrogen-bond donors (Lipinski definition) is 3. The van der Waals surface area contributed by atoms with Crippen molar-refractivity contribution in [2.45, 2.75) is 45.6 Å². The molecule has 0 spiro atoms. The van der Waals surface area contributed by atoms with E-state index in [0.29, 0.717) is 19.0 Å². The van der Waals surface area contributed by atoms with Crippen LogP contribution in [-0.4, -0.2) is 98.6 Å². The summed E-state index contributed by atoms with van der Waals surface area (Å²) in [5.74, 6) is 1.52. The van der Waals surface area contributed by atoms with Gasteiger partial charge in [-0.3, -0.25) is 9.89 Å². The van der Waals surface area contributed by atoms with Crippen LogP contribution in [0.1, 0.15) is 40.0 Å². The molecule has 7 nitrogen and oxygen atoms in total. The van der Waals surface area contributed by atoms with Crippen molar-refractivity contribution in [3.05, 3.63) is 0 Å². The number of guanidine groups is 1. The predicted molar refractivity (Wildman–Crippen MR) is 127 cm³/mol. The predicted octanol–water partition coefficient (Wildman–Crippen LogP) is 1.36. The van der Waals surface area contributed by atoms with Crippen molar-refractivity contribution in [1.29, 1.82) is 0 Å². The largest absolute Gasteiger partial charge is 0.387 e. The van der Waals surface area contributed by atoms with Crippen LogP contribution < -0.4 is 10.6 Å². The molecule has 0 aliphatic carbocycles. The van der Waals surface area contributed by atoms with Crippen LogP contribution >= 0.6 is 24.0 Å². The SMILES string of the molecule is CCCN1CCC(CNC(=NCC(C)(O)CN2CCOCC2)NCC)CC1.I. The molecular formula is C20H42IN5O2. The van der Waals surface area contributed by atoms with Gasteiger partial charge in [0.15, 0.2) is 5.96 Å². The van der Waals surface area contributed by atoms with Crippen LogP contribution in [0.5, 0.6) is 0 Å². The van der Waals surface area contributed by atoms with Crippen molar-refractivity contribution in [3.63, 3.8) is 0 Å². The highest BCUT2D eigenvalue weighted by Crippen LogP contribution is 2.16. The number of morpholine rings is 1. The highest BCUT2D eigenvalue weighted by Gasteiger charge is 2.25. The number of rotatable bonds is 9. The van der Waals surface area contributed by atoms with Crippen molar-refractivity contribution in [1.82, 2.24) is 20.4 Å². The Morgan fingerprint density at radius 2 is 1.79 bits per heavy atom. The van der Waals surface area contributed by atoms with Crippen LogP contribution in [0.15, 0.2) is 4.99 Å². The van der Waals surface area contributed by atoms with E-state index in [1.807, 2.05) is 6.92 Å². The number of ether oxygens (including phenoxy) is 1. The Bertz CT molecular complexity index is 436. The van der Waals surface area contributed by atoms with Gasteiger partial charge in [0, 0.05) is 32.7 Å². The smallest absolute Gasteiger partial charge is 0.191 e. The van der Waals surface area contributed by atoms with Gasteiger partial charge in [-0.25, -0.2) is 0 Å². The van der Waals surface area contributed by atoms with Crippen molar-refractivity contribution in [2.24, 2.45) is 10.9 Å². The molecule has 0 amide bonds. The lowest BCUT2D eigenvalue weighted by atomic mass is 9.97. The van der Waals surface area contributed by atoms with Gasteiger partial charge in [-0.05, 0) is 58.7 Å². The molecule has 2 aliphatic rings. The summed E-state index contributed by atoms with van der Waals surface area (Å²) in [4.78, 5) is 9.48. The second kappa shape index (κ2) is 14.0.